The first kappa shape index (κ1) is 12.0. The van der Waals surface area contributed by atoms with Gasteiger partial charge in [-0.05, 0) is 33.4 Å². The summed E-state index contributed by atoms with van der Waals surface area (Å²) in [7, 11) is 2.14. The van der Waals surface area contributed by atoms with Gasteiger partial charge in [-0.15, -0.1) is 0 Å². The van der Waals surface area contributed by atoms with Crippen molar-refractivity contribution >= 4 is 0 Å². The van der Waals surface area contributed by atoms with Crippen LogP contribution in [-0.4, -0.2) is 42.0 Å². The largest absolute Gasteiger partial charge is 0.368 e. The van der Waals surface area contributed by atoms with Crippen molar-refractivity contribution in [3.8, 4) is 0 Å². The number of ether oxygens (including phenoxy) is 1. The number of rotatable bonds is 4. The van der Waals surface area contributed by atoms with Gasteiger partial charge in [0.1, 0.15) is 0 Å². The fourth-order valence-corrected chi connectivity index (χ4v) is 2.04. The minimum atomic E-state index is -0.562. The quantitative estimate of drug-likeness (QED) is 0.750. The molecular formula is C11H23NO2. The molecule has 0 saturated carbocycles. The Morgan fingerprint density at radius 1 is 1.43 bits per heavy atom. The van der Waals surface area contributed by atoms with Crippen molar-refractivity contribution in [1.82, 2.24) is 4.90 Å². The normalized spacial score (nSPS) is 33.6. The van der Waals surface area contributed by atoms with Crippen LogP contribution in [0.25, 0.3) is 0 Å². The third kappa shape index (κ3) is 3.56. The number of aliphatic hydroxyl groups excluding tert-OH is 1. The van der Waals surface area contributed by atoms with Gasteiger partial charge in [-0.3, -0.25) is 0 Å². The molecule has 0 radical (unpaired) electrons. The predicted octanol–water partition coefficient (Wildman–Crippen LogP) is 1.60. The second-order valence-corrected chi connectivity index (χ2v) is 4.36. The van der Waals surface area contributed by atoms with E-state index in [0.717, 1.165) is 19.4 Å². The predicted molar refractivity (Wildman–Crippen MR) is 57.1 cm³/mol. The highest BCUT2D eigenvalue weighted by molar-refractivity contribution is 4.77. The second kappa shape index (κ2) is 5.69. The molecule has 0 aliphatic carbocycles. The number of hydrogen-bond donors (Lipinski definition) is 1. The Morgan fingerprint density at radius 3 is 2.71 bits per heavy atom. The van der Waals surface area contributed by atoms with Gasteiger partial charge in [-0.25, -0.2) is 0 Å². The molecule has 1 rings (SSSR count). The van der Waals surface area contributed by atoms with Crippen molar-refractivity contribution in [2.75, 3.05) is 13.6 Å². The fourth-order valence-electron chi connectivity index (χ4n) is 2.04. The van der Waals surface area contributed by atoms with E-state index in [-0.39, 0.29) is 6.10 Å². The zero-order valence-electron chi connectivity index (χ0n) is 9.57. The zero-order valence-corrected chi connectivity index (χ0v) is 9.57. The lowest BCUT2D eigenvalue weighted by atomic mass is 10.0. The van der Waals surface area contributed by atoms with Crippen molar-refractivity contribution in [2.45, 2.75) is 58.0 Å². The summed E-state index contributed by atoms with van der Waals surface area (Å²) in [5.74, 6) is 0. The van der Waals surface area contributed by atoms with Crippen LogP contribution in [0.3, 0.4) is 0 Å². The van der Waals surface area contributed by atoms with Gasteiger partial charge in [0, 0.05) is 12.5 Å². The van der Waals surface area contributed by atoms with E-state index in [9.17, 15) is 5.11 Å². The van der Waals surface area contributed by atoms with Crippen molar-refractivity contribution in [1.29, 1.82) is 0 Å². The van der Waals surface area contributed by atoms with Crippen LogP contribution in [0.4, 0.5) is 0 Å². The maximum atomic E-state index is 9.48. The summed E-state index contributed by atoms with van der Waals surface area (Å²) in [4.78, 5) is 2.35. The van der Waals surface area contributed by atoms with Crippen LogP contribution in [0.15, 0.2) is 0 Å². The summed E-state index contributed by atoms with van der Waals surface area (Å²) >= 11 is 0. The molecule has 0 bridgehead atoms. The molecule has 1 aliphatic heterocycles. The molecule has 0 aromatic heterocycles. The van der Waals surface area contributed by atoms with Crippen molar-refractivity contribution < 1.29 is 9.84 Å². The van der Waals surface area contributed by atoms with E-state index < -0.39 is 6.29 Å². The molecule has 1 aliphatic rings. The van der Waals surface area contributed by atoms with E-state index >= 15 is 0 Å². The smallest absolute Gasteiger partial charge is 0.156 e. The van der Waals surface area contributed by atoms with Crippen LogP contribution in [-0.2, 0) is 4.74 Å². The van der Waals surface area contributed by atoms with Gasteiger partial charge >= 0.3 is 0 Å². The second-order valence-electron chi connectivity index (χ2n) is 4.36. The van der Waals surface area contributed by atoms with Crippen LogP contribution >= 0.6 is 0 Å². The Morgan fingerprint density at radius 2 is 2.14 bits per heavy atom. The van der Waals surface area contributed by atoms with Crippen LogP contribution in [0.1, 0.15) is 39.5 Å². The van der Waals surface area contributed by atoms with E-state index in [4.69, 9.17) is 4.74 Å². The van der Waals surface area contributed by atoms with Crippen LogP contribution in [0.2, 0.25) is 0 Å². The van der Waals surface area contributed by atoms with Crippen LogP contribution in [0.5, 0.6) is 0 Å². The van der Waals surface area contributed by atoms with Gasteiger partial charge in [0.2, 0.25) is 0 Å². The Labute approximate surface area is 87.1 Å². The molecule has 0 spiro atoms. The zero-order chi connectivity index (χ0) is 10.6. The Hall–Kier alpha value is -0.120. The number of nitrogens with zero attached hydrogens (tertiary/aromatic N) is 1. The number of unbranched alkanes of at least 4 members (excludes halogenated alkanes) is 1. The summed E-state index contributed by atoms with van der Waals surface area (Å²) in [6, 6.07) is 0.486. The molecule has 3 nitrogen and oxygen atoms in total. The third-order valence-electron chi connectivity index (χ3n) is 2.95. The summed E-state index contributed by atoms with van der Waals surface area (Å²) in [5.41, 5.74) is 0. The summed E-state index contributed by atoms with van der Waals surface area (Å²) in [6.45, 7) is 5.36. The summed E-state index contributed by atoms with van der Waals surface area (Å²) in [5, 5.41) is 9.48. The maximum Gasteiger partial charge on any atom is 0.156 e. The maximum absolute atomic E-state index is 9.48. The van der Waals surface area contributed by atoms with Crippen molar-refractivity contribution in [2.24, 2.45) is 0 Å². The van der Waals surface area contributed by atoms with Gasteiger partial charge < -0.3 is 14.7 Å². The molecule has 0 aromatic rings. The molecule has 84 valence electrons. The molecular weight excluding hydrogens is 178 g/mol. The fraction of sp³-hybridized carbons (Fsp3) is 1.00. The van der Waals surface area contributed by atoms with E-state index in [1.807, 2.05) is 6.92 Å². The molecule has 0 aromatic carbocycles. The average Bonchev–Trinajstić information content (AvgIpc) is 2.12. The minimum Gasteiger partial charge on any atom is -0.368 e. The highest BCUT2D eigenvalue weighted by Crippen LogP contribution is 2.21. The monoisotopic (exact) mass is 201 g/mol. The van der Waals surface area contributed by atoms with Crippen LogP contribution in [0, 0.1) is 0 Å². The first-order valence-electron chi connectivity index (χ1n) is 5.67. The number of aliphatic hydroxyl groups is 1. The molecule has 14 heavy (non-hydrogen) atoms. The molecule has 0 amide bonds. The molecule has 1 fully saturated rings. The molecule has 1 N–H and O–H groups in total. The molecule has 1 heterocycles. The summed E-state index contributed by atoms with van der Waals surface area (Å²) < 4.78 is 5.30. The number of hydrogen-bond acceptors (Lipinski definition) is 3. The Kier molecular flexibility index (Phi) is 4.85. The van der Waals surface area contributed by atoms with Gasteiger partial charge in [0.05, 0.1) is 6.10 Å². The Bertz CT molecular complexity index is 153. The van der Waals surface area contributed by atoms with Gasteiger partial charge in [0.25, 0.3) is 0 Å². The molecule has 1 saturated heterocycles. The summed E-state index contributed by atoms with van der Waals surface area (Å²) in [6.07, 6.45) is 3.88. The molecule has 3 unspecified atom stereocenters. The first-order chi connectivity index (χ1) is 6.63. The van der Waals surface area contributed by atoms with E-state index in [2.05, 4.69) is 18.9 Å². The lowest BCUT2D eigenvalue weighted by Gasteiger charge is -2.36. The Balaban J connectivity index is 2.34. The molecule has 3 heteroatoms. The third-order valence-corrected chi connectivity index (χ3v) is 2.95. The van der Waals surface area contributed by atoms with E-state index in [0.29, 0.717) is 6.04 Å². The standard InChI is InChI=1S/C11H23NO2/c1-4-5-6-12(3)10-7-9(2)14-11(13)8-10/h9-11,13H,4-8H2,1-3H3. The first-order valence-corrected chi connectivity index (χ1v) is 5.67. The van der Waals surface area contributed by atoms with E-state index in [1.54, 1.807) is 0 Å². The van der Waals surface area contributed by atoms with Gasteiger partial charge in [0.15, 0.2) is 6.29 Å². The lowest BCUT2D eigenvalue weighted by molar-refractivity contribution is -0.173. The highest BCUT2D eigenvalue weighted by Gasteiger charge is 2.27. The lowest BCUT2D eigenvalue weighted by Crippen LogP contribution is -2.43. The molecule has 3 atom stereocenters. The van der Waals surface area contributed by atoms with Crippen LogP contribution < -0.4 is 0 Å². The van der Waals surface area contributed by atoms with Crippen molar-refractivity contribution in [3.63, 3.8) is 0 Å². The SMILES string of the molecule is CCCCN(C)C1CC(C)OC(O)C1. The van der Waals surface area contributed by atoms with Crippen molar-refractivity contribution in [3.05, 3.63) is 0 Å². The van der Waals surface area contributed by atoms with Gasteiger partial charge in [-0.2, -0.15) is 0 Å². The minimum absolute atomic E-state index is 0.188. The highest BCUT2D eigenvalue weighted by atomic mass is 16.6. The average molecular weight is 201 g/mol. The topological polar surface area (TPSA) is 32.7 Å². The van der Waals surface area contributed by atoms with Gasteiger partial charge in [-0.1, -0.05) is 13.3 Å². The van der Waals surface area contributed by atoms with E-state index in [1.165, 1.54) is 12.8 Å².